The average molecular weight is 576 g/mol. The number of rotatable bonds is 10. The molecule has 0 spiro atoms. The minimum atomic E-state index is -2.09. The molecule has 200 valence electrons. The normalized spacial score (nSPS) is 18.3. The van der Waals surface area contributed by atoms with Gasteiger partial charge in [0.25, 0.3) is 0 Å². The monoisotopic (exact) mass is 576 g/mol. The number of phenols is 2. The molecule has 1 aliphatic carbocycles. The SMILES string of the molecule is C=CCc1ccc(O)c(-c2cc(CCC[Se](=O)c3ccccc3)cc([C@@H]3C=C(C)CC[C@H]3C(C)C)c2O)c1. The van der Waals surface area contributed by atoms with E-state index in [1.54, 1.807) is 6.07 Å². The number of allylic oxidation sites excluding steroid dienone is 3. The summed E-state index contributed by atoms with van der Waals surface area (Å²) >= 11 is -2.09. The number of phenolic OH excluding ortho intramolecular Hbond substituents is 2. The number of benzene rings is 3. The second kappa shape index (κ2) is 12.7. The molecule has 0 fully saturated rings. The van der Waals surface area contributed by atoms with E-state index in [1.807, 2.05) is 54.6 Å². The summed E-state index contributed by atoms with van der Waals surface area (Å²) in [6.45, 7) is 10.6. The Morgan fingerprint density at radius 2 is 1.76 bits per heavy atom. The van der Waals surface area contributed by atoms with E-state index in [1.165, 1.54) is 5.57 Å². The number of hydrogen-bond donors (Lipinski definition) is 2. The maximum atomic E-state index is 12.9. The molecule has 0 aliphatic heterocycles. The molecule has 0 bridgehead atoms. The first-order valence-corrected chi connectivity index (χ1v) is 16.4. The van der Waals surface area contributed by atoms with Gasteiger partial charge in [-0.15, -0.1) is 0 Å². The van der Waals surface area contributed by atoms with Crippen molar-refractivity contribution in [2.24, 2.45) is 11.8 Å². The Kier molecular flexibility index (Phi) is 9.41. The Hall–Kier alpha value is -2.94. The van der Waals surface area contributed by atoms with Crippen molar-refractivity contribution in [3.05, 3.63) is 102 Å². The van der Waals surface area contributed by atoms with Crippen molar-refractivity contribution in [2.75, 3.05) is 0 Å². The first kappa shape index (κ1) is 28.1. The third-order valence-electron chi connectivity index (χ3n) is 7.74. The molecule has 2 N–H and O–H groups in total. The fraction of sp³-hybridized carbons (Fsp3) is 0.353. The predicted molar refractivity (Wildman–Crippen MR) is 159 cm³/mol. The summed E-state index contributed by atoms with van der Waals surface area (Å²) in [6, 6.07) is 19.5. The van der Waals surface area contributed by atoms with E-state index in [0.29, 0.717) is 34.7 Å². The van der Waals surface area contributed by atoms with E-state index < -0.39 is 13.8 Å². The van der Waals surface area contributed by atoms with Crippen LogP contribution < -0.4 is 4.46 Å². The summed E-state index contributed by atoms with van der Waals surface area (Å²) in [5.74, 6) is 1.44. The standard InChI is InChI=1S/C34H40O3Se/c1-5-10-25-15-17-33(35)30(20-25)32-22-26(11-9-18-38(37)27-12-7-6-8-13-27)21-31(34(32)36)29-19-24(4)14-16-28(29)23(2)3/h5-8,12-13,15,17,19-23,28-29,35-36H,1,9-11,14,16,18H2,2-4H3/t28-,29+,38?/m0/s1. The van der Waals surface area contributed by atoms with Crippen LogP contribution in [0.1, 0.15) is 62.6 Å². The molecule has 4 heteroatoms. The van der Waals surface area contributed by atoms with E-state index in [0.717, 1.165) is 46.8 Å². The summed E-state index contributed by atoms with van der Waals surface area (Å²) in [6.07, 6.45) is 8.63. The van der Waals surface area contributed by atoms with Crippen LogP contribution >= 0.6 is 0 Å². The van der Waals surface area contributed by atoms with Gasteiger partial charge in [0.2, 0.25) is 0 Å². The van der Waals surface area contributed by atoms with Crippen molar-refractivity contribution in [3.63, 3.8) is 0 Å². The van der Waals surface area contributed by atoms with Gasteiger partial charge < -0.3 is 0 Å². The summed E-state index contributed by atoms with van der Waals surface area (Å²) in [5, 5.41) is 23.2. The molecule has 0 amide bonds. The topological polar surface area (TPSA) is 57.5 Å². The van der Waals surface area contributed by atoms with Crippen LogP contribution in [-0.2, 0) is 16.7 Å². The van der Waals surface area contributed by atoms with Crippen molar-refractivity contribution >= 4 is 18.3 Å². The van der Waals surface area contributed by atoms with Gasteiger partial charge in [-0.3, -0.25) is 0 Å². The molecule has 0 saturated heterocycles. The summed E-state index contributed by atoms with van der Waals surface area (Å²) in [7, 11) is 0. The van der Waals surface area contributed by atoms with Gasteiger partial charge in [-0.2, -0.15) is 0 Å². The van der Waals surface area contributed by atoms with Crippen LogP contribution in [0.2, 0.25) is 5.32 Å². The Labute approximate surface area is 232 Å². The van der Waals surface area contributed by atoms with Gasteiger partial charge in [0.05, 0.1) is 0 Å². The molecule has 1 aliphatic rings. The first-order valence-electron chi connectivity index (χ1n) is 13.7. The Morgan fingerprint density at radius 1 is 1.03 bits per heavy atom. The zero-order valence-corrected chi connectivity index (χ0v) is 24.5. The summed E-state index contributed by atoms with van der Waals surface area (Å²) in [5.41, 5.74) is 5.74. The fourth-order valence-corrected chi connectivity index (χ4v) is 7.98. The van der Waals surface area contributed by atoms with Gasteiger partial charge in [0, 0.05) is 0 Å². The van der Waals surface area contributed by atoms with Gasteiger partial charge in [0.15, 0.2) is 0 Å². The molecule has 3 aromatic carbocycles. The molecule has 4 rings (SSSR count). The molecule has 3 aromatic rings. The zero-order chi connectivity index (χ0) is 27.2. The van der Waals surface area contributed by atoms with E-state index in [4.69, 9.17) is 0 Å². The van der Waals surface area contributed by atoms with Gasteiger partial charge in [0.1, 0.15) is 0 Å². The van der Waals surface area contributed by atoms with Crippen molar-refractivity contribution in [2.45, 2.75) is 64.1 Å². The third kappa shape index (κ3) is 6.54. The van der Waals surface area contributed by atoms with E-state index in [-0.39, 0.29) is 17.4 Å². The molecule has 0 heterocycles. The average Bonchev–Trinajstić information content (AvgIpc) is 2.91. The molecular formula is C34H40O3Se. The molecule has 3 atom stereocenters. The molecule has 0 aromatic heterocycles. The zero-order valence-electron chi connectivity index (χ0n) is 22.8. The molecule has 0 radical (unpaired) electrons. The van der Waals surface area contributed by atoms with Gasteiger partial charge in [-0.05, 0) is 0 Å². The Balaban J connectivity index is 1.74. The van der Waals surface area contributed by atoms with Crippen LogP contribution in [0.3, 0.4) is 0 Å². The van der Waals surface area contributed by atoms with Crippen molar-refractivity contribution in [1.82, 2.24) is 0 Å². The molecular weight excluding hydrogens is 535 g/mol. The first-order chi connectivity index (χ1) is 18.3. The summed E-state index contributed by atoms with van der Waals surface area (Å²) in [4.78, 5) is 0. The minimum absolute atomic E-state index is 0.117. The van der Waals surface area contributed by atoms with Crippen LogP contribution in [0.4, 0.5) is 0 Å². The maximum absolute atomic E-state index is 12.9. The molecule has 3 nitrogen and oxygen atoms in total. The molecule has 38 heavy (non-hydrogen) atoms. The van der Waals surface area contributed by atoms with Crippen molar-refractivity contribution in [1.29, 1.82) is 0 Å². The van der Waals surface area contributed by atoms with Gasteiger partial charge in [-0.25, -0.2) is 0 Å². The Morgan fingerprint density at radius 3 is 2.47 bits per heavy atom. The van der Waals surface area contributed by atoms with E-state index in [2.05, 4.69) is 39.5 Å². The number of aryl methyl sites for hydroxylation is 1. The van der Waals surface area contributed by atoms with Crippen LogP contribution in [0.15, 0.2) is 85.0 Å². The van der Waals surface area contributed by atoms with Crippen LogP contribution in [0.25, 0.3) is 11.1 Å². The van der Waals surface area contributed by atoms with Crippen molar-refractivity contribution < 1.29 is 14.0 Å². The number of hydrogen-bond acceptors (Lipinski definition) is 3. The second-order valence-corrected chi connectivity index (χ2v) is 14.2. The predicted octanol–water partition coefficient (Wildman–Crippen LogP) is 7.85. The summed E-state index contributed by atoms with van der Waals surface area (Å²) < 4.78 is 13.9. The van der Waals surface area contributed by atoms with E-state index >= 15 is 0 Å². The van der Waals surface area contributed by atoms with Gasteiger partial charge >= 0.3 is 233 Å². The Bertz CT molecular complexity index is 1320. The van der Waals surface area contributed by atoms with Crippen LogP contribution in [0, 0.1) is 11.8 Å². The molecule has 0 saturated carbocycles. The second-order valence-electron chi connectivity index (χ2n) is 10.9. The van der Waals surface area contributed by atoms with Crippen molar-refractivity contribution in [3.8, 4) is 22.6 Å². The van der Waals surface area contributed by atoms with Crippen LogP contribution in [0.5, 0.6) is 11.5 Å². The quantitative estimate of drug-likeness (QED) is 0.191. The van der Waals surface area contributed by atoms with Gasteiger partial charge in [-0.1, -0.05) is 0 Å². The van der Waals surface area contributed by atoms with Crippen LogP contribution in [-0.4, -0.2) is 24.0 Å². The third-order valence-corrected chi connectivity index (χ3v) is 10.8. The number of aromatic hydroxyl groups is 2. The fourth-order valence-electron chi connectivity index (χ4n) is 5.67. The van der Waals surface area contributed by atoms with E-state index in [9.17, 15) is 14.0 Å². The molecule has 1 unspecified atom stereocenters.